The van der Waals surface area contributed by atoms with Gasteiger partial charge in [0.15, 0.2) is 0 Å². The molecule has 0 unspecified atom stereocenters. The molecule has 0 aliphatic heterocycles. The summed E-state index contributed by atoms with van der Waals surface area (Å²) in [5.74, 6) is -0.373. The molecule has 1 aliphatic carbocycles. The zero-order valence-corrected chi connectivity index (χ0v) is 7.00. The van der Waals surface area contributed by atoms with Gasteiger partial charge in [0, 0.05) is 0 Å². The minimum atomic E-state index is -1.37. The van der Waals surface area contributed by atoms with E-state index in [0.717, 1.165) is 0 Å². The van der Waals surface area contributed by atoms with Gasteiger partial charge in [0.1, 0.15) is 17.6 Å². The number of hydrogen-bond donors (Lipinski definition) is 1. The maximum atomic E-state index is 13.0. The van der Waals surface area contributed by atoms with Crippen molar-refractivity contribution >= 4 is 0 Å². The molecule has 0 saturated heterocycles. The number of aliphatic hydroxyl groups is 1. The van der Waals surface area contributed by atoms with Crippen molar-refractivity contribution < 1.29 is 13.9 Å². The molecular formula is C10H10F2O. The monoisotopic (exact) mass is 184 g/mol. The Hall–Kier alpha value is -0.960. The van der Waals surface area contributed by atoms with E-state index in [2.05, 4.69) is 0 Å². The molecule has 1 aliphatic rings. The quantitative estimate of drug-likeness (QED) is 0.709. The van der Waals surface area contributed by atoms with Crippen molar-refractivity contribution in [1.82, 2.24) is 0 Å². The molecule has 1 N–H and O–H groups in total. The zero-order chi connectivity index (χ0) is 9.47. The Balaban J connectivity index is 2.30. The Labute approximate surface area is 75.0 Å². The molecule has 0 amide bonds. The van der Waals surface area contributed by atoms with E-state index in [-0.39, 0.29) is 5.82 Å². The van der Waals surface area contributed by atoms with Crippen molar-refractivity contribution in [2.75, 3.05) is 0 Å². The zero-order valence-electron chi connectivity index (χ0n) is 7.00. The first-order chi connectivity index (χ1) is 6.13. The van der Waals surface area contributed by atoms with Gasteiger partial charge in [-0.1, -0.05) is 12.1 Å². The molecule has 2 atom stereocenters. The van der Waals surface area contributed by atoms with Gasteiger partial charge in [0.2, 0.25) is 0 Å². The molecule has 1 aromatic carbocycles. The van der Waals surface area contributed by atoms with E-state index < -0.39 is 11.8 Å². The van der Waals surface area contributed by atoms with Crippen LogP contribution < -0.4 is 0 Å². The Morgan fingerprint density at radius 1 is 1.31 bits per heavy atom. The molecule has 0 bridgehead atoms. The van der Waals surface area contributed by atoms with Crippen LogP contribution in [0, 0.1) is 5.82 Å². The third-order valence-electron chi connectivity index (χ3n) is 2.64. The van der Waals surface area contributed by atoms with E-state index in [1.165, 1.54) is 24.3 Å². The summed E-state index contributed by atoms with van der Waals surface area (Å²) in [6.45, 7) is 0. The molecule has 1 aromatic rings. The fourth-order valence-electron chi connectivity index (χ4n) is 1.59. The Bertz CT molecular complexity index is 309. The fraction of sp³-hybridized carbons (Fsp3) is 0.400. The highest BCUT2D eigenvalue weighted by molar-refractivity contribution is 5.27. The van der Waals surface area contributed by atoms with E-state index in [4.69, 9.17) is 0 Å². The Kier molecular flexibility index (Phi) is 1.84. The van der Waals surface area contributed by atoms with Crippen molar-refractivity contribution in [3.63, 3.8) is 0 Å². The number of benzene rings is 1. The molecule has 0 aromatic heterocycles. The summed E-state index contributed by atoms with van der Waals surface area (Å²) < 4.78 is 25.5. The molecule has 2 rings (SSSR count). The van der Waals surface area contributed by atoms with Crippen LogP contribution in [0.5, 0.6) is 0 Å². The third-order valence-corrected chi connectivity index (χ3v) is 2.64. The summed E-state index contributed by atoms with van der Waals surface area (Å²) in [5.41, 5.74) is -0.902. The first kappa shape index (κ1) is 8.63. The molecule has 0 spiro atoms. The van der Waals surface area contributed by atoms with Crippen LogP contribution in [0.25, 0.3) is 0 Å². The van der Waals surface area contributed by atoms with Gasteiger partial charge >= 0.3 is 0 Å². The number of halogens is 2. The highest BCUT2D eigenvalue weighted by Gasteiger charge is 2.47. The molecule has 0 radical (unpaired) electrons. The van der Waals surface area contributed by atoms with E-state index in [1.807, 2.05) is 0 Å². The SMILES string of the molecule is O[C@@]1(c2ccc(F)cc2)CC[C@H]1F. The van der Waals surface area contributed by atoms with E-state index in [9.17, 15) is 13.9 Å². The summed E-state index contributed by atoms with van der Waals surface area (Å²) in [5, 5.41) is 9.74. The molecule has 0 heterocycles. The average Bonchev–Trinajstić information content (AvgIpc) is 2.15. The summed E-state index contributed by atoms with van der Waals surface area (Å²) in [7, 11) is 0. The fourth-order valence-corrected chi connectivity index (χ4v) is 1.59. The van der Waals surface area contributed by atoms with Crippen LogP contribution in [0.3, 0.4) is 0 Å². The van der Waals surface area contributed by atoms with Crippen molar-refractivity contribution in [3.05, 3.63) is 35.6 Å². The van der Waals surface area contributed by atoms with E-state index >= 15 is 0 Å². The average molecular weight is 184 g/mol. The smallest absolute Gasteiger partial charge is 0.133 e. The van der Waals surface area contributed by atoms with Crippen LogP contribution in [0.4, 0.5) is 8.78 Å². The predicted octanol–water partition coefficient (Wildman–Crippen LogP) is 2.15. The van der Waals surface area contributed by atoms with Crippen LogP contribution in [0.2, 0.25) is 0 Å². The first-order valence-electron chi connectivity index (χ1n) is 4.25. The van der Waals surface area contributed by atoms with Crippen LogP contribution in [-0.2, 0) is 5.60 Å². The molecule has 1 fully saturated rings. The van der Waals surface area contributed by atoms with Crippen LogP contribution in [-0.4, -0.2) is 11.3 Å². The summed E-state index contributed by atoms with van der Waals surface area (Å²) in [6.07, 6.45) is -0.411. The van der Waals surface area contributed by atoms with Crippen molar-refractivity contribution in [2.45, 2.75) is 24.6 Å². The summed E-state index contributed by atoms with van der Waals surface area (Å²) >= 11 is 0. The first-order valence-corrected chi connectivity index (χ1v) is 4.25. The molecule has 1 saturated carbocycles. The van der Waals surface area contributed by atoms with Crippen molar-refractivity contribution in [1.29, 1.82) is 0 Å². The second kappa shape index (κ2) is 2.77. The normalized spacial score (nSPS) is 32.7. The molecule has 3 heteroatoms. The van der Waals surface area contributed by atoms with E-state index in [1.54, 1.807) is 0 Å². The minimum absolute atomic E-state index is 0.373. The van der Waals surface area contributed by atoms with Crippen LogP contribution in [0.1, 0.15) is 18.4 Å². The van der Waals surface area contributed by atoms with Gasteiger partial charge in [0.25, 0.3) is 0 Å². The van der Waals surface area contributed by atoms with Gasteiger partial charge in [0.05, 0.1) is 0 Å². The van der Waals surface area contributed by atoms with E-state index in [0.29, 0.717) is 18.4 Å². The van der Waals surface area contributed by atoms with Crippen LogP contribution >= 0.6 is 0 Å². The lowest BCUT2D eigenvalue weighted by Crippen LogP contribution is -2.45. The molecular weight excluding hydrogens is 174 g/mol. The highest BCUT2D eigenvalue weighted by atomic mass is 19.1. The Morgan fingerprint density at radius 2 is 1.92 bits per heavy atom. The molecule has 70 valence electrons. The lowest BCUT2D eigenvalue weighted by Gasteiger charge is -2.40. The van der Waals surface area contributed by atoms with Crippen molar-refractivity contribution in [3.8, 4) is 0 Å². The number of hydrogen-bond acceptors (Lipinski definition) is 1. The second-order valence-corrected chi connectivity index (χ2v) is 3.44. The number of rotatable bonds is 1. The summed E-state index contributed by atoms with van der Waals surface area (Å²) in [6, 6.07) is 5.33. The molecule has 1 nitrogen and oxygen atoms in total. The van der Waals surface area contributed by atoms with Gasteiger partial charge in [-0.15, -0.1) is 0 Å². The van der Waals surface area contributed by atoms with Crippen molar-refractivity contribution in [2.24, 2.45) is 0 Å². The van der Waals surface area contributed by atoms with Gasteiger partial charge in [-0.2, -0.15) is 0 Å². The van der Waals surface area contributed by atoms with Crippen LogP contribution in [0.15, 0.2) is 24.3 Å². The Morgan fingerprint density at radius 3 is 2.31 bits per heavy atom. The molecule has 13 heavy (non-hydrogen) atoms. The second-order valence-electron chi connectivity index (χ2n) is 3.44. The van der Waals surface area contributed by atoms with Gasteiger partial charge in [-0.3, -0.25) is 0 Å². The standard InChI is InChI=1S/C10H10F2O/c11-8-3-1-7(2-4-8)10(13)6-5-9(10)12/h1-4,9,13H,5-6H2/t9-,10-/m1/s1. The highest BCUT2D eigenvalue weighted by Crippen LogP contribution is 2.43. The lowest BCUT2D eigenvalue weighted by atomic mass is 9.73. The minimum Gasteiger partial charge on any atom is -0.382 e. The maximum absolute atomic E-state index is 13.0. The van der Waals surface area contributed by atoms with Gasteiger partial charge in [-0.25, -0.2) is 8.78 Å². The topological polar surface area (TPSA) is 20.2 Å². The lowest BCUT2D eigenvalue weighted by molar-refractivity contribution is -0.114. The third kappa shape index (κ3) is 1.23. The van der Waals surface area contributed by atoms with Gasteiger partial charge in [-0.05, 0) is 30.5 Å². The summed E-state index contributed by atoms with van der Waals surface area (Å²) in [4.78, 5) is 0. The maximum Gasteiger partial charge on any atom is 0.133 e. The largest absolute Gasteiger partial charge is 0.382 e. The van der Waals surface area contributed by atoms with Gasteiger partial charge < -0.3 is 5.11 Å². The predicted molar refractivity (Wildman–Crippen MR) is 44.4 cm³/mol. The number of alkyl halides is 1.